The number of rotatable bonds is 2. The molecule has 0 aromatic heterocycles. The topological polar surface area (TPSA) is 40.6 Å². The lowest BCUT2D eigenvalue weighted by Gasteiger charge is -2.37. The van der Waals surface area contributed by atoms with E-state index in [-0.39, 0.29) is 17.1 Å². The van der Waals surface area contributed by atoms with Crippen LogP contribution in [0.1, 0.15) is 37.7 Å². The highest BCUT2D eigenvalue weighted by Gasteiger charge is 2.34. The van der Waals surface area contributed by atoms with Gasteiger partial charge in [-0.15, -0.1) is 11.8 Å². The molecule has 0 N–H and O–H groups in total. The summed E-state index contributed by atoms with van der Waals surface area (Å²) in [7, 11) is 0. The molecule has 2 fully saturated rings. The van der Waals surface area contributed by atoms with Gasteiger partial charge in [0.05, 0.1) is 5.25 Å². The molecule has 4 nitrogen and oxygen atoms in total. The van der Waals surface area contributed by atoms with E-state index in [0.29, 0.717) is 32.1 Å². The molecule has 1 saturated heterocycles. The third-order valence-corrected chi connectivity index (χ3v) is 7.09. The average molecular weight is 359 g/mol. The predicted molar refractivity (Wildman–Crippen MR) is 99.5 cm³/mol. The van der Waals surface area contributed by atoms with E-state index in [0.717, 1.165) is 19.3 Å². The fourth-order valence-corrected chi connectivity index (χ4v) is 5.56. The van der Waals surface area contributed by atoms with Crippen molar-refractivity contribution in [2.24, 2.45) is 5.92 Å². The van der Waals surface area contributed by atoms with Gasteiger partial charge in [-0.05, 0) is 30.9 Å². The highest BCUT2D eigenvalue weighted by molar-refractivity contribution is 8.01. The van der Waals surface area contributed by atoms with Gasteiger partial charge in [0.2, 0.25) is 11.8 Å². The Bertz CT molecular complexity index is 624. The maximum atomic E-state index is 12.8. The fraction of sp³-hybridized carbons (Fsp3) is 0.600. The number of fused-ring (bicyclic) bond motifs is 1. The van der Waals surface area contributed by atoms with E-state index in [9.17, 15) is 9.59 Å². The molecule has 5 heteroatoms. The molecule has 1 aromatic carbocycles. The first-order valence-corrected chi connectivity index (χ1v) is 10.4. The lowest BCUT2D eigenvalue weighted by molar-refractivity contribution is -0.142. The van der Waals surface area contributed by atoms with Gasteiger partial charge in [-0.2, -0.15) is 0 Å². The van der Waals surface area contributed by atoms with Gasteiger partial charge in [0.25, 0.3) is 0 Å². The van der Waals surface area contributed by atoms with Crippen LogP contribution in [-0.2, 0) is 16.0 Å². The van der Waals surface area contributed by atoms with Crippen LogP contribution in [0.4, 0.5) is 0 Å². The van der Waals surface area contributed by atoms with Crippen LogP contribution in [0, 0.1) is 5.92 Å². The number of amides is 2. The fourth-order valence-electron chi connectivity index (χ4n) is 4.28. The number of hydrogen-bond donors (Lipinski definition) is 0. The molecule has 0 radical (unpaired) electrons. The second-order valence-electron chi connectivity index (χ2n) is 7.40. The number of piperazine rings is 1. The van der Waals surface area contributed by atoms with E-state index in [1.165, 1.54) is 29.7 Å². The monoisotopic (exact) mass is 358 g/mol. The van der Waals surface area contributed by atoms with Gasteiger partial charge < -0.3 is 9.80 Å². The lowest BCUT2D eigenvalue weighted by atomic mass is 9.88. The summed E-state index contributed by atoms with van der Waals surface area (Å²) < 4.78 is 0. The molecule has 2 aliphatic heterocycles. The van der Waals surface area contributed by atoms with Crippen LogP contribution in [0.2, 0.25) is 0 Å². The Morgan fingerprint density at radius 3 is 2.20 bits per heavy atom. The Morgan fingerprint density at radius 1 is 0.880 bits per heavy atom. The number of nitrogens with zero attached hydrogens (tertiary/aromatic N) is 2. The maximum absolute atomic E-state index is 12.8. The number of thioether (sulfide) groups is 1. The number of carbonyl (C=O) groups excluding carboxylic acids is 2. The summed E-state index contributed by atoms with van der Waals surface area (Å²) in [4.78, 5) is 30.7. The molecular weight excluding hydrogens is 332 g/mol. The first kappa shape index (κ1) is 17.0. The Balaban J connectivity index is 1.30. The van der Waals surface area contributed by atoms with Crippen LogP contribution in [0.3, 0.4) is 0 Å². The molecule has 25 heavy (non-hydrogen) atoms. The third-order valence-electron chi connectivity index (χ3n) is 5.78. The minimum absolute atomic E-state index is 0.0120. The summed E-state index contributed by atoms with van der Waals surface area (Å²) in [6.07, 6.45) is 6.58. The van der Waals surface area contributed by atoms with Gasteiger partial charge in [0.1, 0.15) is 0 Å². The van der Waals surface area contributed by atoms with E-state index in [1.54, 1.807) is 11.8 Å². The van der Waals surface area contributed by atoms with E-state index < -0.39 is 0 Å². The Labute approximate surface area is 153 Å². The van der Waals surface area contributed by atoms with Gasteiger partial charge in [0, 0.05) is 37.0 Å². The lowest BCUT2D eigenvalue weighted by Crippen LogP contribution is -2.53. The maximum Gasteiger partial charge on any atom is 0.236 e. The van der Waals surface area contributed by atoms with Crippen LogP contribution in [0.25, 0.3) is 0 Å². The standard InChI is InChI=1S/C20H26N2O2S/c23-19(15-6-2-1-3-7-15)21-10-12-22(13-11-21)20(24)18-14-16-8-4-5-9-17(16)25-18/h4-5,8-9,15,18H,1-3,6-7,10-14H2. The van der Waals surface area contributed by atoms with Crippen LogP contribution < -0.4 is 0 Å². The van der Waals surface area contributed by atoms with Crippen LogP contribution >= 0.6 is 11.8 Å². The van der Waals surface area contributed by atoms with Gasteiger partial charge in [-0.3, -0.25) is 9.59 Å². The normalized spacial score (nSPS) is 24.2. The van der Waals surface area contributed by atoms with Crippen LogP contribution in [-0.4, -0.2) is 53.0 Å². The zero-order valence-corrected chi connectivity index (χ0v) is 15.5. The molecule has 3 aliphatic rings. The number of hydrogen-bond acceptors (Lipinski definition) is 3. The summed E-state index contributed by atoms with van der Waals surface area (Å²) in [6, 6.07) is 8.31. The van der Waals surface area contributed by atoms with E-state index in [2.05, 4.69) is 12.1 Å². The molecule has 1 unspecified atom stereocenters. The Morgan fingerprint density at radius 2 is 1.52 bits per heavy atom. The van der Waals surface area contributed by atoms with E-state index in [1.807, 2.05) is 21.9 Å². The predicted octanol–water partition coefficient (Wildman–Crippen LogP) is 2.95. The second-order valence-corrected chi connectivity index (χ2v) is 8.65. The molecule has 2 heterocycles. The van der Waals surface area contributed by atoms with Gasteiger partial charge in [0.15, 0.2) is 0 Å². The van der Waals surface area contributed by atoms with Crippen molar-refractivity contribution in [2.45, 2.75) is 48.7 Å². The third kappa shape index (κ3) is 3.57. The SMILES string of the molecule is O=C(C1CCCCC1)N1CCN(C(=O)C2Cc3ccccc3S2)CC1. The molecule has 2 amide bonds. The zero-order valence-electron chi connectivity index (χ0n) is 14.7. The smallest absolute Gasteiger partial charge is 0.236 e. The van der Waals surface area contributed by atoms with Crippen molar-refractivity contribution in [3.63, 3.8) is 0 Å². The molecule has 1 atom stereocenters. The van der Waals surface area contributed by atoms with Crippen molar-refractivity contribution in [1.29, 1.82) is 0 Å². The first-order chi connectivity index (χ1) is 12.2. The van der Waals surface area contributed by atoms with Crippen molar-refractivity contribution < 1.29 is 9.59 Å². The largest absolute Gasteiger partial charge is 0.339 e. The van der Waals surface area contributed by atoms with Gasteiger partial charge >= 0.3 is 0 Å². The van der Waals surface area contributed by atoms with Crippen molar-refractivity contribution in [3.8, 4) is 0 Å². The molecule has 1 saturated carbocycles. The molecule has 0 bridgehead atoms. The van der Waals surface area contributed by atoms with Crippen molar-refractivity contribution in [3.05, 3.63) is 29.8 Å². The first-order valence-electron chi connectivity index (χ1n) is 9.54. The Hall–Kier alpha value is -1.49. The summed E-state index contributed by atoms with van der Waals surface area (Å²) in [6.45, 7) is 2.77. The van der Waals surface area contributed by atoms with Crippen LogP contribution in [0.5, 0.6) is 0 Å². The molecule has 4 rings (SSSR count). The van der Waals surface area contributed by atoms with Crippen molar-refractivity contribution in [2.75, 3.05) is 26.2 Å². The van der Waals surface area contributed by atoms with E-state index >= 15 is 0 Å². The number of benzene rings is 1. The minimum Gasteiger partial charge on any atom is -0.339 e. The summed E-state index contributed by atoms with van der Waals surface area (Å²) >= 11 is 1.70. The molecule has 0 spiro atoms. The Kier molecular flexibility index (Phi) is 5.02. The molecule has 1 aromatic rings. The van der Waals surface area contributed by atoms with Gasteiger partial charge in [-0.25, -0.2) is 0 Å². The number of carbonyl (C=O) groups is 2. The summed E-state index contributed by atoms with van der Waals surface area (Å²) in [5.41, 5.74) is 1.29. The van der Waals surface area contributed by atoms with Gasteiger partial charge in [-0.1, -0.05) is 37.5 Å². The van der Waals surface area contributed by atoms with E-state index in [4.69, 9.17) is 0 Å². The molecule has 1 aliphatic carbocycles. The second kappa shape index (κ2) is 7.40. The summed E-state index contributed by atoms with van der Waals surface area (Å²) in [5, 5.41) is 0.0120. The quantitative estimate of drug-likeness (QED) is 0.816. The summed E-state index contributed by atoms with van der Waals surface area (Å²) in [5.74, 6) is 0.802. The molecule has 134 valence electrons. The average Bonchev–Trinajstić information content (AvgIpc) is 3.12. The van der Waals surface area contributed by atoms with Crippen molar-refractivity contribution >= 4 is 23.6 Å². The van der Waals surface area contributed by atoms with Crippen molar-refractivity contribution in [1.82, 2.24) is 9.80 Å². The molecular formula is C20H26N2O2S. The highest BCUT2D eigenvalue weighted by atomic mass is 32.2. The van der Waals surface area contributed by atoms with Crippen LogP contribution in [0.15, 0.2) is 29.2 Å². The highest BCUT2D eigenvalue weighted by Crippen LogP contribution is 2.37. The minimum atomic E-state index is 0.0120. The zero-order chi connectivity index (χ0) is 17.2.